The Morgan fingerprint density at radius 2 is 0.963 bits per heavy atom. The van der Waals surface area contributed by atoms with E-state index in [0.717, 1.165) is 4.47 Å². The third-order valence-corrected chi connectivity index (χ3v) is 5.98. The van der Waals surface area contributed by atoms with Gasteiger partial charge in [-0.1, -0.05) is 97.1 Å². The summed E-state index contributed by atoms with van der Waals surface area (Å²) in [5, 5.41) is 5.03. The second kappa shape index (κ2) is 6.68. The van der Waals surface area contributed by atoms with E-state index in [1.807, 2.05) is 0 Å². The van der Waals surface area contributed by atoms with Gasteiger partial charge in [-0.3, -0.25) is 0 Å². The Kier molecular flexibility index (Phi) is 4.03. The molecule has 27 heavy (non-hydrogen) atoms. The van der Waals surface area contributed by atoms with Gasteiger partial charge in [0.15, 0.2) is 0 Å². The second-order valence-corrected chi connectivity index (χ2v) is 7.52. The maximum absolute atomic E-state index is 3.90. The van der Waals surface area contributed by atoms with Crippen molar-refractivity contribution in [2.24, 2.45) is 0 Å². The lowest BCUT2D eigenvalue weighted by Crippen LogP contribution is -1.88. The van der Waals surface area contributed by atoms with Crippen molar-refractivity contribution in [2.75, 3.05) is 0 Å². The standard InChI is InChI=1S/C26H17Br/c27-26-23-14-8-7-13-21(23)25(19-11-5-2-6-12-19)22-16-15-20(17-24(22)26)18-9-3-1-4-10-18/h1-17H. The van der Waals surface area contributed by atoms with Crippen molar-refractivity contribution >= 4 is 37.5 Å². The molecule has 0 atom stereocenters. The molecular formula is C26H17Br. The third kappa shape index (κ3) is 2.75. The molecule has 0 aromatic heterocycles. The van der Waals surface area contributed by atoms with E-state index >= 15 is 0 Å². The summed E-state index contributed by atoms with van der Waals surface area (Å²) in [6.07, 6.45) is 0. The summed E-state index contributed by atoms with van der Waals surface area (Å²) in [7, 11) is 0. The molecule has 0 unspecified atom stereocenters. The van der Waals surface area contributed by atoms with Gasteiger partial charge >= 0.3 is 0 Å². The first-order valence-electron chi connectivity index (χ1n) is 9.08. The third-order valence-electron chi connectivity index (χ3n) is 5.13. The minimum absolute atomic E-state index is 1.16. The van der Waals surface area contributed by atoms with E-state index < -0.39 is 0 Å². The predicted molar refractivity (Wildman–Crippen MR) is 120 cm³/mol. The molecule has 5 rings (SSSR count). The van der Waals surface area contributed by atoms with Crippen LogP contribution in [0.1, 0.15) is 0 Å². The van der Waals surface area contributed by atoms with Crippen LogP contribution in [0.25, 0.3) is 43.8 Å². The van der Waals surface area contributed by atoms with Gasteiger partial charge in [0.2, 0.25) is 0 Å². The molecule has 0 radical (unpaired) electrons. The summed E-state index contributed by atoms with van der Waals surface area (Å²) in [4.78, 5) is 0. The average molecular weight is 409 g/mol. The first kappa shape index (κ1) is 16.3. The molecule has 0 fully saturated rings. The van der Waals surface area contributed by atoms with Crippen molar-refractivity contribution in [1.82, 2.24) is 0 Å². The Morgan fingerprint density at radius 3 is 1.67 bits per heavy atom. The molecule has 5 aromatic carbocycles. The minimum Gasteiger partial charge on any atom is -0.0622 e. The summed E-state index contributed by atoms with van der Waals surface area (Å²) in [6.45, 7) is 0. The fourth-order valence-corrected chi connectivity index (χ4v) is 4.53. The monoisotopic (exact) mass is 408 g/mol. The van der Waals surface area contributed by atoms with Crippen molar-refractivity contribution in [2.45, 2.75) is 0 Å². The van der Waals surface area contributed by atoms with E-state index in [-0.39, 0.29) is 0 Å². The average Bonchev–Trinajstić information content (AvgIpc) is 2.75. The molecule has 0 saturated carbocycles. The highest BCUT2D eigenvalue weighted by Gasteiger charge is 2.14. The lowest BCUT2D eigenvalue weighted by atomic mass is 9.90. The number of hydrogen-bond donors (Lipinski definition) is 0. The fourth-order valence-electron chi connectivity index (χ4n) is 3.85. The van der Waals surface area contributed by atoms with Crippen LogP contribution in [0.3, 0.4) is 0 Å². The number of halogens is 1. The molecule has 0 spiro atoms. The molecule has 0 nitrogen and oxygen atoms in total. The van der Waals surface area contributed by atoms with Gasteiger partial charge in [-0.15, -0.1) is 0 Å². The van der Waals surface area contributed by atoms with Crippen molar-refractivity contribution in [3.8, 4) is 22.3 Å². The Hall–Kier alpha value is -2.90. The molecule has 0 bridgehead atoms. The molecule has 128 valence electrons. The molecule has 0 aliphatic heterocycles. The lowest BCUT2D eigenvalue weighted by Gasteiger charge is -2.15. The quantitative estimate of drug-likeness (QED) is 0.259. The van der Waals surface area contributed by atoms with Crippen molar-refractivity contribution in [3.05, 3.63) is 108 Å². The largest absolute Gasteiger partial charge is 0.0622 e. The SMILES string of the molecule is Brc1c2ccccc2c(-c2ccccc2)c2ccc(-c3ccccc3)cc12. The van der Waals surface area contributed by atoms with Crippen LogP contribution in [0, 0.1) is 0 Å². The summed E-state index contributed by atoms with van der Waals surface area (Å²) in [6, 6.07) is 36.6. The Morgan fingerprint density at radius 1 is 0.407 bits per heavy atom. The first-order chi connectivity index (χ1) is 13.3. The maximum atomic E-state index is 3.90. The summed E-state index contributed by atoms with van der Waals surface area (Å²) in [5.74, 6) is 0. The van der Waals surface area contributed by atoms with Crippen LogP contribution in [0.4, 0.5) is 0 Å². The van der Waals surface area contributed by atoms with Crippen molar-refractivity contribution in [1.29, 1.82) is 0 Å². The number of benzene rings is 5. The molecule has 0 aliphatic carbocycles. The summed E-state index contributed by atoms with van der Waals surface area (Å²) in [5.41, 5.74) is 5.02. The topological polar surface area (TPSA) is 0 Å². The van der Waals surface area contributed by atoms with Gasteiger partial charge in [0.1, 0.15) is 0 Å². The van der Waals surface area contributed by atoms with E-state index in [4.69, 9.17) is 0 Å². The fraction of sp³-hybridized carbons (Fsp3) is 0. The van der Waals surface area contributed by atoms with E-state index in [0.29, 0.717) is 0 Å². The van der Waals surface area contributed by atoms with E-state index in [1.165, 1.54) is 43.8 Å². The lowest BCUT2D eigenvalue weighted by molar-refractivity contribution is 1.63. The number of fused-ring (bicyclic) bond motifs is 2. The molecule has 0 heterocycles. The zero-order valence-corrected chi connectivity index (χ0v) is 16.3. The maximum Gasteiger partial charge on any atom is 0.0332 e. The van der Waals surface area contributed by atoms with Crippen LogP contribution in [0.5, 0.6) is 0 Å². The smallest absolute Gasteiger partial charge is 0.0332 e. The van der Waals surface area contributed by atoms with Crippen molar-refractivity contribution < 1.29 is 0 Å². The van der Waals surface area contributed by atoms with Gasteiger partial charge in [0.05, 0.1) is 0 Å². The van der Waals surface area contributed by atoms with E-state index in [1.54, 1.807) is 0 Å². The molecule has 0 amide bonds. The van der Waals surface area contributed by atoms with Gasteiger partial charge in [-0.2, -0.15) is 0 Å². The van der Waals surface area contributed by atoms with Gasteiger partial charge in [0.25, 0.3) is 0 Å². The zero-order valence-electron chi connectivity index (χ0n) is 14.7. The molecule has 0 aliphatic rings. The second-order valence-electron chi connectivity index (χ2n) is 6.73. The number of hydrogen-bond acceptors (Lipinski definition) is 0. The normalized spacial score (nSPS) is 11.1. The Balaban J connectivity index is 1.90. The van der Waals surface area contributed by atoms with E-state index in [2.05, 4.69) is 119 Å². The minimum atomic E-state index is 1.16. The molecular weight excluding hydrogens is 392 g/mol. The Labute approximate surface area is 167 Å². The number of rotatable bonds is 2. The van der Waals surface area contributed by atoms with Crippen LogP contribution in [0.15, 0.2) is 108 Å². The molecule has 5 aromatic rings. The summed E-state index contributed by atoms with van der Waals surface area (Å²) >= 11 is 3.90. The molecule has 0 N–H and O–H groups in total. The van der Waals surface area contributed by atoms with Gasteiger partial charge in [-0.25, -0.2) is 0 Å². The van der Waals surface area contributed by atoms with E-state index in [9.17, 15) is 0 Å². The highest BCUT2D eigenvalue weighted by atomic mass is 79.9. The molecule has 1 heteroatoms. The van der Waals surface area contributed by atoms with Gasteiger partial charge in [0, 0.05) is 4.47 Å². The van der Waals surface area contributed by atoms with Crippen LogP contribution in [0.2, 0.25) is 0 Å². The summed E-state index contributed by atoms with van der Waals surface area (Å²) < 4.78 is 1.16. The van der Waals surface area contributed by atoms with Gasteiger partial charge in [-0.05, 0) is 65.8 Å². The van der Waals surface area contributed by atoms with Crippen LogP contribution < -0.4 is 0 Å². The van der Waals surface area contributed by atoms with Gasteiger partial charge < -0.3 is 0 Å². The zero-order chi connectivity index (χ0) is 18.2. The van der Waals surface area contributed by atoms with Crippen LogP contribution in [-0.4, -0.2) is 0 Å². The highest BCUT2D eigenvalue weighted by molar-refractivity contribution is 9.10. The van der Waals surface area contributed by atoms with Crippen molar-refractivity contribution in [3.63, 3.8) is 0 Å². The predicted octanol–water partition coefficient (Wildman–Crippen LogP) is 8.09. The first-order valence-corrected chi connectivity index (χ1v) is 9.87. The Bertz CT molecular complexity index is 1260. The van der Waals surface area contributed by atoms with Crippen LogP contribution in [-0.2, 0) is 0 Å². The molecule has 0 saturated heterocycles. The van der Waals surface area contributed by atoms with Crippen LogP contribution >= 0.6 is 15.9 Å². The highest BCUT2D eigenvalue weighted by Crippen LogP contribution is 2.42.